The topological polar surface area (TPSA) is 28.2 Å². The Labute approximate surface area is 159 Å². The van der Waals surface area contributed by atoms with E-state index in [1.54, 1.807) is 0 Å². The SMILES string of the molecule is CCCCCCN(CCCCCC)c1ccc(Nc2ccccc2)cn1. The lowest BCUT2D eigenvalue weighted by Crippen LogP contribution is -2.26. The highest BCUT2D eigenvalue weighted by molar-refractivity contribution is 5.60. The normalized spacial score (nSPS) is 10.7. The number of aromatic nitrogens is 1. The fourth-order valence-corrected chi connectivity index (χ4v) is 3.13. The fraction of sp³-hybridized carbons (Fsp3) is 0.522. The number of hydrogen-bond acceptors (Lipinski definition) is 3. The molecule has 0 spiro atoms. The highest BCUT2D eigenvalue weighted by Crippen LogP contribution is 2.19. The summed E-state index contributed by atoms with van der Waals surface area (Å²) in [7, 11) is 0. The number of anilines is 3. The van der Waals surface area contributed by atoms with Crippen LogP contribution in [0.25, 0.3) is 0 Å². The molecule has 3 heteroatoms. The van der Waals surface area contributed by atoms with E-state index in [2.05, 4.69) is 48.3 Å². The molecule has 0 aliphatic rings. The van der Waals surface area contributed by atoms with E-state index in [-0.39, 0.29) is 0 Å². The van der Waals surface area contributed by atoms with Crippen molar-refractivity contribution in [2.45, 2.75) is 65.2 Å². The van der Waals surface area contributed by atoms with Crippen LogP contribution in [0, 0.1) is 0 Å². The van der Waals surface area contributed by atoms with E-state index in [9.17, 15) is 0 Å². The molecule has 1 heterocycles. The lowest BCUT2D eigenvalue weighted by Gasteiger charge is -2.24. The van der Waals surface area contributed by atoms with Crippen molar-refractivity contribution in [3.8, 4) is 0 Å². The van der Waals surface area contributed by atoms with Crippen LogP contribution in [-0.2, 0) is 0 Å². The van der Waals surface area contributed by atoms with Crippen molar-refractivity contribution < 1.29 is 0 Å². The molecule has 0 amide bonds. The van der Waals surface area contributed by atoms with Crippen LogP contribution < -0.4 is 10.2 Å². The van der Waals surface area contributed by atoms with Crippen molar-refractivity contribution in [2.24, 2.45) is 0 Å². The Hall–Kier alpha value is -2.03. The number of para-hydroxylation sites is 1. The number of benzene rings is 1. The first-order valence-corrected chi connectivity index (χ1v) is 10.4. The number of rotatable bonds is 13. The van der Waals surface area contributed by atoms with Gasteiger partial charge in [0.2, 0.25) is 0 Å². The molecule has 1 aromatic heterocycles. The minimum Gasteiger partial charge on any atom is -0.357 e. The van der Waals surface area contributed by atoms with Gasteiger partial charge in [0, 0.05) is 18.8 Å². The Morgan fingerprint density at radius 2 is 1.38 bits per heavy atom. The van der Waals surface area contributed by atoms with Gasteiger partial charge in [0.1, 0.15) is 5.82 Å². The maximum Gasteiger partial charge on any atom is 0.128 e. The van der Waals surface area contributed by atoms with E-state index in [0.29, 0.717) is 0 Å². The third kappa shape index (κ3) is 7.47. The molecular weight excluding hydrogens is 318 g/mol. The average molecular weight is 354 g/mol. The maximum absolute atomic E-state index is 4.74. The second kappa shape index (κ2) is 12.3. The standard InChI is InChI=1S/C23H35N3/c1-3-5-7-12-18-26(19-13-8-6-4-2)23-17-16-22(20-24-23)25-21-14-10-9-11-15-21/h9-11,14-17,20,25H,3-8,12-13,18-19H2,1-2H3. The molecule has 0 fully saturated rings. The summed E-state index contributed by atoms with van der Waals surface area (Å²) in [5, 5.41) is 3.41. The van der Waals surface area contributed by atoms with Crippen molar-refractivity contribution in [1.29, 1.82) is 0 Å². The smallest absolute Gasteiger partial charge is 0.128 e. The number of nitrogens with one attached hydrogen (secondary N) is 1. The Kier molecular flexibility index (Phi) is 9.63. The number of hydrogen-bond donors (Lipinski definition) is 1. The van der Waals surface area contributed by atoms with E-state index in [4.69, 9.17) is 4.98 Å². The summed E-state index contributed by atoms with van der Waals surface area (Å²) in [5.41, 5.74) is 2.13. The van der Waals surface area contributed by atoms with Crippen LogP contribution in [0.1, 0.15) is 65.2 Å². The van der Waals surface area contributed by atoms with Crippen molar-refractivity contribution >= 4 is 17.2 Å². The molecule has 0 saturated heterocycles. The van der Waals surface area contributed by atoms with Gasteiger partial charge in [-0.3, -0.25) is 0 Å². The van der Waals surface area contributed by atoms with Gasteiger partial charge < -0.3 is 10.2 Å². The molecule has 2 rings (SSSR count). The van der Waals surface area contributed by atoms with E-state index in [0.717, 1.165) is 30.3 Å². The molecule has 0 bridgehead atoms. The molecule has 0 unspecified atom stereocenters. The molecule has 1 aromatic carbocycles. The minimum atomic E-state index is 1.04. The van der Waals surface area contributed by atoms with Gasteiger partial charge >= 0.3 is 0 Å². The van der Waals surface area contributed by atoms with Gasteiger partial charge in [-0.2, -0.15) is 0 Å². The molecule has 0 saturated carbocycles. The van der Waals surface area contributed by atoms with Crippen LogP contribution in [0.3, 0.4) is 0 Å². The quantitative estimate of drug-likeness (QED) is 0.402. The van der Waals surface area contributed by atoms with Crippen LogP contribution >= 0.6 is 0 Å². The van der Waals surface area contributed by atoms with Crippen LogP contribution in [-0.4, -0.2) is 18.1 Å². The van der Waals surface area contributed by atoms with E-state index >= 15 is 0 Å². The van der Waals surface area contributed by atoms with Crippen molar-refractivity contribution in [3.63, 3.8) is 0 Å². The molecule has 26 heavy (non-hydrogen) atoms. The molecule has 3 nitrogen and oxygen atoms in total. The molecular formula is C23H35N3. The van der Waals surface area contributed by atoms with Crippen molar-refractivity contribution in [1.82, 2.24) is 4.98 Å². The summed E-state index contributed by atoms with van der Waals surface area (Å²) >= 11 is 0. The van der Waals surface area contributed by atoms with Crippen LogP contribution in [0.4, 0.5) is 17.2 Å². The summed E-state index contributed by atoms with van der Waals surface area (Å²) < 4.78 is 0. The van der Waals surface area contributed by atoms with Gasteiger partial charge in [-0.15, -0.1) is 0 Å². The van der Waals surface area contributed by atoms with Gasteiger partial charge in [0.25, 0.3) is 0 Å². The summed E-state index contributed by atoms with van der Waals surface area (Å²) in [6, 6.07) is 14.5. The van der Waals surface area contributed by atoms with Crippen LogP contribution in [0.2, 0.25) is 0 Å². The highest BCUT2D eigenvalue weighted by Gasteiger charge is 2.08. The van der Waals surface area contributed by atoms with Gasteiger partial charge in [-0.1, -0.05) is 70.6 Å². The second-order valence-electron chi connectivity index (χ2n) is 7.00. The van der Waals surface area contributed by atoms with Crippen molar-refractivity contribution in [3.05, 3.63) is 48.7 Å². The third-order valence-corrected chi connectivity index (χ3v) is 4.70. The Balaban J connectivity index is 1.93. The zero-order valence-corrected chi connectivity index (χ0v) is 16.6. The minimum absolute atomic E-state index is 1.04. The first kappa shape index (κ1) is 20.3. The lowest BCUT2D eigenvalue weighted by molar-refractivity contribution is 0.605. The zero-order chi connectivity index (χ0) is 18.5. The molecule has 1 N–H and O–H groups in total. The molecule has 2 aromatic rings. The van der Waals surface area contributed by atoms with Crippen LogP contribution in [0.15, 0.2) is 48.7 Å². The second-order valence-corrected chi connectivity index (χ2v) is 7.00. The third-order valence-electron chi connectivity index (χ3n) is 4.70. The molecule has 142 valence electrons. The maximum atomic E-state index is 4.74. The summed E-state index contributed by atoms with van der Waals surface area (Å²) in [6.45, 7) is 6.76. The summed E-state index contributed by atoms with van der Waals surface area (Å²) in [4.78, 5) is 7.21. The lowest BCUT2D eigenvalue weighted by atomic mass is 10.1. The zero-order valence-electron chi connectivity index (χ0n) is 16.6. The van der Waals surface area contributed by atoms with Gasteiger partial charge in [0.05, 0.1) is 11.9 Å². The Morgan fingerprint density at radius 1 is 0.731 bits per heavy atom. The van der Waals surface area contributed by atoms with E-state index < -0.39 is 0 Å². The predicted molar refractivity (Wildman–Crippen MR) is 114 cm³/mol. The number of unbranched alkanes of at least 4 members (excludes halogenated alkanes) is 6. The fourth-order valence-electron chi connectivity index (χ4n) is 3.13. The molecule has 0 atom stereocenters. The largest absolute Gasteiger partial charge is 0.357 e. The van der Waals surface area contributed by atoms with Gasteiger partial charge in [-0.05, 0) is 37.1 Å². The molecule has 0 aliphatic carbocycles. The Morgan fingerprint density at radius 3 is 1.92 bits per heavy atom. The number of nitrogens with zero attached hydrogens (tertiary/aromatic N) is 2. The van der Waals surface area contributed by atoms with Crippen molar-refractivity contribution in [2.75, 3.05) is 23.3 Å². The molecule has 0 radical (unpaired) electrons. The summed E-state index contributed by atoms with van der Waals surface area (Å²) in [6.07, 6.45) is 12.3. The first-order valence-electron chi connectivity index (χ1n) is 10.4. The van der Waals surface area contributed by atoms with Gasteiger partial charge in [0.15, 0.2) is 0 Å². The summed E-state index contributed by atoms with van der Waals surface area (Å²) in [5.74, 6) is 1.11. The predicted octanol–water partition coefficient (Wildman–Crippen LogP) is 6.79. The van der Waals surface area contributed by atoms with Gasteiger partial charge in [-0.25, -0.2) is 4.98 Å². The highest BCUT2D eigenvalue weighted by atomic mass is 15.2. The molecule has 0 aliphatic heterocycles. The monoisotopic (exact) mass is 353 g/mol. The first-order chi connectivity index (χ1) is 12.8. The number of pyridine rings is 1. The Bertz CT molecular complexity index is 568. The van der Waals surface area contributed by atoms with Crippen LogP contribution in [0.5, 0.6) is 0 Å². The van der Waals surface area contributed by atoms with E-state index in [1.807, 2.05) is 24.4 Å². The average Bonchev–Trinajstić information content (AvgIpc) is 2.68. The van der Waals surface area contributed by atoms with E-state index in [1.165, 1.54) is 51.4 Å².